The van der Waals surface area contributed by atoms with Gasteiger partial charge in [0.15, 0.2) is 9.84 Å². The van der Waals surface area contributed by atoms with E-state index < -0.39 is 16.5 Å². The molecule has 0 spiro atoms. The van der Waals surface area contributed by atoms with Crippen LogP contribution in [0.2, 0.25) is 0 Å². The van der Waals surface area contributed by atoms with E-state index in [2.05, 4.69) is 15.1 Å². The first-order valence-corrected chi connectivity index (χ1v) is 12.9. The molecule has 168 valence electrons. The van der Waals surface area contributed by atoms with Gasteiger partial charge in [-0.3, -0.25) is 14.1 Å². The summed E-state index contributed by atoms with van der Waals surface area (Å²) in [7, 11) is -3.19. The molecule has 1 aromatic rings. The molecule has 0 aromatic heterocycles. The van der Waals surface area contributed by atoms with Crippen LogP contribution in [0.3, 0.4) is 0 Å². The van der Waals surface area contributed by atoms with Crippen LogP contribution in [0.1, 0.15) is 38.5 Å². The van der Waals surface area contributed by atoms with Crippen LogP contribution in [0.15, 0.2) is 29.2 Å². The number of alkyl halides is 1. The molecular formula is C22H34FN3O3S. The zero-order valence-electron chi connectivity index (χ0n) is 17.9. The molecule has 1 saturated heterocycles. The van der Waals surface area contributed by atoms with Gasteiger partial charge in [0.25, 0.3) is 0 Å². The molecule has 1 saturated carbocycles. The summed E-state index contributed by atoms with van der Waals surface area (Å²) in [5.41, 5.74) is 0.978. The summed E-state index contributed by atoms with van der Waals surface area (Å²) >= 11 is 0. The highest BCUT2D eigenvalue weighted by atomic mass is 32.2. The van der Waals surface area contributed by atoms with Crippen LogP contribution in [0, 0.1) is 5.92 Å². The topological polar surface area (TPSA) is 69.7 Å². The molecule has 1 aliphatic heterocycles. The standard InChI is InChI=1S/C22H34FN3O3S/c1-30(28,29)21-4-2-3-20(17-21)26-15-13-25(14-16-26)12-10-18-5-7-19(8-6-18)24-22(27)9-11-23/h2-4,17-19H,5-16H2,1H3,(H,24,27). The molecule has 2 aliphatic rings. The Hall–Kier alpha value is -1.67. The molecule has 8 heteroatoms. The summed E-state index contributed by atoms with van der Waals surface area (Å²) < 4.78 is 35.8. The van der Waals surface area contributed by atoms with Crippen LogP contribution in [-0.4, -0.2) is 70.9 Å². The van der Waals surface area contributed by atoms with E-state index in [0.717, 1.165) is 64.1 Å². The SMILES string of the molecule is CS(=O)(=O)c1cccc(N2CCN(CCC3CCC(NC(=O)CCF)CC3)CC2)c1. The maximum atomic E-state index is 12.2. The van der Waals surface area contributed by atoms with Gasteiger partial charge >= 0.3 is 0 Å². The van der Waals surface area contributed by atoms with Gasteiger partial charge in [-0.05, 0) is 62.8 Å². The Morgan fingerprint density at radius 2 is 1.83 bits per heavy atom. The summed E-state index contributed by atoms with van der Waals surface area (Å²) in [5, 5.41) is 2.95. The van der Waals surface area contributed by atoms with Gasteiger partial charge in [0.1, 0.15) is 0 Å². The Balaban J connectivity index is 1.37. The molecule has 3 rings (SSSR count). The van der Waals surface area contributed by atoms with E-state index in [1.807, 2.05) is 12.1 Å². The van der Waals surface area contributed by atoms with Gasteiger partial charge < -0.3 is 10.2 Å². The van der Waals surface area contributed by atoms with Gasteiger partial charge in [-0.1, -0.05) is 6.07 Å². The van der Waals surface area contributed by atoms with Crippen molar-refractivity contribution in [2.24, 2.45) is 5.92 Å². The van der Waals surface area contributed by atoms with Crippen molar-refractivity contribution in [3.63, 3.8) is 0 Å². The lowest BCUT2D eigenvalue weighted by molar-refractivity contribution is -0.122. The third-order valence-corrected chi connectivity index (χ3v) is 7.48. The lowest BCUT2D eigenvalue weighted by Crippen LogP contribution is -2.47. The fourth-order valence-electron chi connectivity index (χ4n) is 4.49. The van der Waals surface area contributed by atoms with E-state index in [0.29, 0.717) is 10.8 Å². The number of hydrogen-bond donors (Lipinski definition) is 1. The number of halogens is 1. The lowest BCUT2D eigenvalue weighted by atomic mass is 9.84. The predicted molar refractivity (Wildman–Crippen MR) is 117 cm³/mol. The predicted octanol–water partition coefficient (Wildman–Crippen LogP) is 2.64. The highest BCUT2D eigenvalue weighted by molar-refractivity contribution is 7.90. The quantitative estimate of drug-likeness (QED) is 0.674. The first kappa shape index (κ1) is 23.0. The number of nitrogens with zero attached hydrogens (tertiary/aromatic N) is 2. The molecule has 0 bridgehead atoms. The second-order valence-corrected chi connectivity index (χ2v) is 10.6. The van der Waals surface area contributed by atoms with Crippen LogP contribution in [0.4, 0.5) is 10.1 Å². The van der Waals surface area contributed by atoms with Crippen molar-refractivity contribution in [2.45, 2.75) is 49.5 Å². The number of anilines is 1. The van der Waals surface area contributed by atoms with Crippen molar-refractivity contribution in [3.05, 3.63) is 24.3 Å². The Kier molecular flexibility index (Phi) is 8.11. The summed E-state index contributed by atoms with van der Waals surface area (Å²) in [4.78, 5) is 16.7. The number of rotatable bonds is 8. The van der Waals surface area contributed by atoms with E-state index in [4.69, 9.17) is 0 Å². The summed E-state index contributed by atoms with van der Waals surface area (Å²) in [6.45, 7) is 4.27. The molecule has 0 unspecified atom stereocenters. The van der Waals surface area contributed by atoms with Gasteiger partial charge in [-0.25, -0.2) is 8.42 Å². The van der Waals surface area contributed by atoms with Gasteiger partial charge in [-0.2, -0.15) is 0 Å². The van der Waals surface area contributed by atoms with Crippen molar-refractivity contribution in [1.82, 2.24) is 10.2 Å². The zero-order valence-corrected chi connectivity index (χ0v) is 18.7. The van der Waals surface area contributed by atoms with E-state index in [1.54, 1.807) is 12.1 Å². The minimum atomic E-state index is -3.19. The summed E-state index contributed by atoms with van der Waals surface area (Å²) in [6.07, 6.45) is 6.63. The summed E-state index contributed by atoms with van der Waals surface area (Å²) in [6, 6.07) is 7.43. The number of benzene rings is 1. The van der Waals surface area contributed by atoms with Gasteiger partial charge in [-0.15, -0.1) is 0 Å². The molecule has 1 aliphatic carbocycles. The van der Waals surface area contributed by atoms with E-state index in [1.165, 1.54) is 12.7 Å². The number of amides is 1. The molecule has 1 N–H and O–H groups in total. The molecule has 0 radical (unpaired) electrons. The van der Waals surface area contributed by atoms with Crippen molar-refractivity contribution in [1.29, 1.82) is 0 Å². The second-order valence-electron chi connectivity index (χ2n) is 8.61. The average Bonchev–Trinajstić information content (AvgIpc) is 2.73. The third-order valence-electron chi connectivity index (χ3n) is 6.37. The molecule has 1 aromatic carbocycles. The maximum absolute atomic E-state index is 12.2. The average molecular weight is 440 g/mol. The monoisotopic (exact) mass is 439 g/mol. The highest BCUT2D eigenvalue weighted by Crippen LogP contribution is 2.27. The van der Waals surface area contributed by atoms with Crippen molar-refractivity contribution >= 4 is 21.4 Å². The zero-order chi connectivity index (χ0) is 21.6. The fourth-order valence-corrected chi connectivity index (χ4v) is 5.15. The van der Waals surface area contributed by atoms with Gasteiger partial charge in [0, 0.05) is 44.2 Å². The number of sulfone groups is 1. The molecule has 0 atom stereocenters. The molecule has 30 heavy (non-hydrogen) atoms. The number of hydrogen-bond acceptors (Lipinski definition) is 5. The van der Waals surface area contributed by atoms with Crippen molar-refractivity contribution < 1.29 is 17.6 Å². The van der Waals surface area contributed by atoms with Gasteiger partial charge in [0.05, 0.1) is 18.0 Å². The Morgan fingerprint density at radius 3 is 2.47 bits per heavy atom. The van der Waals surface area contributed by atoms with Gasteiger partial charge in [0.2, 0.25) is 5.91 Å². The Bertz CT molecular complexity index is 802. The number of carbonyl (C=O) groups is 1. The summed E-state index contributed by atoms with van der Waals surface area (Å²) in [5.74, 6) is 0.532. The molecule has 2 fully saturated rings. The maximum Gasteiger partial charge on any atom is 0.222 e. The Labute approximate surface area is 179 Å². The molecule has 1 heterocycles. The molecule has 1 amide bonds. The third kappa shape index (κ3) is 6.67. The van der Waals surface area contributed by atoms with Crippen molar-refractivity contribution in [3.8, 4) is 0 Å². The number of piperazine rings is 1. The van der Waals surface area contributed by atoms with Crippen LogP contribution >= 0.6 is 0 Å². The minimum absolute atomic E-state index is 0.0234. The normalized spacial score (nSPS) is 23.3. The van der Waals surface area contributed by atoms with Crippen molar-refractivity contribution in [2.75, 3.05) is 50.6 Å². The molecular weight excluding hydrogens is 405 g/mol. The van der Waals surface area contributed by atoms with Crippen LogP contribution in [0.25, 0.3) is 0 Å². The van der Waals surface area contributed by atoms with Crippen LogP contribution in [0.5, 0.6) is 0 Å². The Morgan fingerprint density at radius 1 is 1.13 bits per heavy atom. The van der Waals surface area contributed by atoms with E-state index >= 15 is 0 Å². The first-order chi connectivity index (χ1) is 14.3. The lowest BCUT2D eigenvalue weighted by Gasteiger charge is -2.37. The number of nitrogens with one attached hydrogen (secondary N) is 1. The van der Waals surface area contributed by atoms with Crippen LogP contribution in [-0.2, 0) is 14.6 Å². The molecule has 6 nitrogen and oxygen atoms in total. The largest absolute Gasteiger partial charge is 0.369 e. The second kappa shape index (κ2) is 10.6. The highest BCUT2D eigenvalue weighted by Gasteiger charge is 2.24. The van der Waals surface area contributed by atoms with E-state index in [9.17, 15) is 17.6 Å². The van der Waals surface area contributed by atoms with Crippen LogP contribution < -0.4 is 10.2 Å². The smallest absolute Gasteiger partial charge is 0.222 e. The minimum Gasteiger partial charge on any atom is -0.369 e. The fraction of sp³-hybridized carbons (Fsp3) is 0.682. The number of carbonyl (C=O) groups excluding carboxylic acids is 1. The first-order valence-electron chi connectivity index (χ1n) is 11.0. The van der Waals surface area contributed by atoms with E-state index in [-0.39, 0.29) is 18.4 Å².